The Morgan fingerprint density at radius 1 is 1.55 bits per heavy atom. The summed E-state index contributed by atoms with van der Waals surface area (Å²) in [4.78, 5) is 16.2. The summed E-state index contributed by atoms with van der Waals surface area (Å²) in [6.45, 7) is 5.96. The number of nitrogens with zero attached hydrogens (tertiary/aromatic N) is 2. The third kappa shape index (κ3) is 3.02. The highest BCUT2D eigenvalue weighted by Gasteiger charge is 2.29. The summed E-state index contributed by atoms with van der Waals surface area (Å²) in [6, 6.07) is 0.333. The number of morpholine rings is 1. The van der Waals surface area contributed by atoms with Crippen LogP contribution in [-0.2, 0) is 4.74 Å². The molecule has 1 unspecified atom stereocenters. The highest BCUT2D eigenvalue weighted by molar-refractivity contribution is 5.07. The molecule has 1 aromatic rings. The second-order valence-electron chi connectivity index (χ2n) is 6.12. The fourth-order valence-electron chi connectivity index (χ4n) is 2.48. The summed E-state index contributed by atoms with van der Waals surface area (Å²) >= 11 is 0. The molecular formula is C14H21N3O3. The van der Waals surface area contributed by atoms with Crippen molar-refractivity contribution >= 4 is 0 Å². The van der Waals surface area contributed by atoms with Gasteiger partial charge in [0.25, 0.3) is 5.88 Å². The van der Waals surface area contributed by atoms with Gasteiger partial charge in [0.2, 0.25) is 0 Å². The van der Waals surface area contributed by atoms with E-state index >= 15 is 0 Å². The molecule has 1 aliphatic heterocycles. The molecule has 1 aromatic heterocycles. The first kappa shape index (κ1) is 13.6. The van der Waals surface area contributed by atoms with Crippen LogP contribution in [0.5, 0.6) is 5.88 Å². The first-order valence-corrected chi connectivity index (χ1v) is 7.14. The molecule has 6 nitrogen and oxygen atoms in total. The first-order chi connectivity index (χ1) is 9.55. The van der Waals surface area contributed by atoms with Gasteiger partial charge in [0.1, 0.15) is 12.7 Å². The Morgan fingerprint density at radius 2 is 2.35 bits per heavy atom. The minimum absolute atomic E-state index is 0.0606. The van der Waals surface area contributed by atoms with Crippen molar-refractivity contribution in [2.75, 3.05) is 19.7 Å². The van der Waals surface area contributed by atoms with E-state index in [2.05, 4.69) is 10.3 Å². The Balaban J connectivity index is 1.64. The molecule has 3 rings (SSSR count). The van der Waals surface area contributed by atoms with Crippen LogP contribution in [0.25, 0.3) is 0 Å². The minimum Gasteiger partial charge on any atom is -0.471 e. The third-order valence-electron chi connectivity index (χ3n) is 3.59. The fraction of sp³-hybridized carbons (Fsp3) is 0.714. The first-order valence-electron chi connectivity index (χ1n) is 7.14. The second kappa shape index (κ2) is 5.18. The van der Waals surface area contributed by atoms with Crippen LogP contribution in [0.4, 0.5) is 0 Å². The monoisotopic (exact) mass is 279 g/mol. The molecule has 1 aliphatic carbocycles. The number of nitrogens with one attached hydrogen (secondary N) is 1. The smallest absolute Gasteiger partial charge is 0.313 e. The van der Waals surface area contributed by atoms with Crippen molar-refractivity contribution in [1.29, 1.82) is 0 Å². The van der Waals surface area contributed by atoms with Gasteiger partial charge in [0, 0.05) is 31.5 Å². The van der Waals surface area contributed by atoms with Gasteiger partial charge >= 0.3 is 5.56 Å². The quantitative estimate of drug-likeness (QED) is 0.880. The number of hydrogen-bond donors (Lipinski definition) is 1. The molecule has 0 radical (unpaired) electrons. The molecule has 0 spiro atoms. The zero-order valence-electron chi connectivity index (χ0n) is 12.0. The summed E-state index contributed by atoms with van der Waals surface area (Å²) in [5, 5.41) is 3.31. The fourth-order valence-corrected chi connectivity index (χ4v) is 2.48. The van der Waals surface area contributed by atoms with E-state index in [4.69, 9.17) is 9.47 Å². The van der Waals surface area contributed by atoms with Crippen molar-refractivity contribution in [3.05, 3.63) is 22.7 Å². The zero-order valence-corrected chi connectivity index (χ0v) is 12.0. The Morgan fingerprint density at radius 3 is 3.05 bits per heavy atom. The van der Waals surface area contributed by atoms with Gasteiger partial charge in [-0.25, -0.2) is 4.98 Å². The molecule has 0 aromatic carbocycles. The van der Waals surface area contributed by atoms with E-state index in [1.54, 1.807) is 17.0 Å². The maximum atomic E-state index is 12.2. The van der Waals surface area contributed by atoms with Crippen molar-refractivity contribution in [1.82, 2.24) is 14.9 Å². The lowest BCUT2D eigenvalue weighted by molar-refractivity contribution is -0.107. The SMILES string of the molecule is CC1(C)CNCC(COc2nccn(C3CC3)c2=O)O1. The molecule has 2 aliphatic rings. The zero-order chi connectivity index (χ0) is 14.2. The van der Waals surface area contributed by atoms with E-state index in [0.717, 1.165) is 25.9 Å². The van der Waals surface area contributed by atoms with Gasteiger partial charge in [-0.15, -0.1) is 0 Å². The lowest BCUT2D eigenvalue weighted by Crippen LogP contribution is -2.52. The lowest BCUT2D eigenvalue weighted by atomic mass is 10.1. The molecule has 1 atom stereocenters. The van der Waals surface area contributed by atoms with E-state index in [0.29, 0.717) is 12.6 Å². The van der Waals surface area contributed by atoms with E-state index in [1.807, 2.05) is 13.8 Å². The Bertz CT molecular complexity index is 537. The normalized spacial score (nSPS) is 25.4. The number of hydrogen-bond acceptors (Lipinski definition) is 5. The van der Waals surface area contributed by atoms with Crippen molar-refractivity contribution in [3.8, 4) is 5.88 Å². The molecule has 0 bridgehead atoms. The maximum absolute atomic E-state index is 12.2. The van der Waals surface area contributed by atoms with Gasteiger partial charge in [-0.1, -0.05) is 0 Å². The molecule has 6 heteroatoms. The highest BCUT2D eigenvalue weighted by Crippen LogP contribution is 2.33. The molecule has 20 heavy (non-hydrogen) atoms. The van der Waals surface area contributed by atoms with Gasteiger partial charge in [0.05, 0.1) is 5.60 Å². The molecule has 1 saturated carbocycles. The van der Waals surface area contributed by atoms with E-state index in [-0.39, 0.29) is 23.1 Å². The average Bonchev–Trinajstić information content (AvgIpc) is 3.21. The van der Waals surface area contributed by atoms with Crippen molar-refractivity contribution in [2.45, 2.75) is 44.4 Å². The third-order valence-corrected chi connectivity index (χ3v) is 3.59. The van der Waals surface area contributed by atoms with Gasteiger partial charge in [0.15, 0.2) is 0 Å². The number of ether oxygens (including phenoxy) is 2. The van der Waals surface area contributed by atoms with Crippen molar-refractivity contribution in [3.63, 3.8) is 0 Å². The topological polar surface area (TPSA) is 65.4 Å². The van der Waals surface area contributed by atoms with E-state index < -0.39 is 0 Å². The van der Waals surface area contributed by atoms with Gasteiger partial charge < -0.3 is 19.4 Å². The Kier molecular flexibility index (Phi) is 3.52. The molecule has 110 valence electrons. The summed E-state index contributed by atoms with van der Waals surface area (Å²) < 4.78 is 13.2. The van der Waals surface area contributed by atoms with E-state index in [1.165, 1.54) is 0 Å². The van der Waals surface area contributed by atoms with Crippen LogP contribution in [0, 0.1) is 0 Å². The molecule has 1 saturated heterocycles. The van der Waals surface area contributed by atoms with Crippen LogP contribution in [0.3, 0.4) is 0 Å². The van der Waals surface area contributed by atoms with Gasteiger partial charge in [-0.3, -0.25) is 4.79 Å². The summed E-state index contributed by atoms with van der Waals surface area (Å²) in [5.74, 6) is 0.173. The summed E-state index contributed by atoms with van der Waals surface area (Å²) in [7, 11) is 0. The van der Waals surface area contributed by atoms with Crippen molar-refractivity contribution < 1.29 is 9.47 Å². The molecule has 0 amide bonds. The van der Waals surface area contributed by atoms with Gasteiger partial charge in [-0.05, 0) is 26.7 Å². The number of aromatic nitrogens is 2. The van der Waals surface area contributed by atoms with Crippen LogP contribution in [0.15, 0.2) is 17.2 Å². The maximum Gasteiger partial charge on any atom is 0.313 e. The lowest BCUT2D eigenvalue weighted by Gasteiger charge is -2.36. The average molecular weight is 279 g/mol. The molecule has 1 N–H and O–H groups in total. The van der Waals surface area contributed by atoms with Crippen LogP contribution < -0.4 is 15.6 Å². The molecule has 2 heterocycles. The number of rotatable bonds is 4. The molecular weight excluding hydrogens is 258 g/mol. The van der Waals surface area contributed by atoms with Gasteiger partial charge in [-0.2, -0.15) is 0 Å². The summed E-state index contributed by atoms with van der Waals surface area (Å²) in [5.41, 5.74) is -0.344. The Labute approximate surface area is 118 Å². The largest absolute Gasteiger partial charge is 0.471 e. The molecule has 2 fully saturated rings. The van der Waals surface area contributed by atoms with Crippen molar-refractivity contribution in [2.24, 2.45) is 0 Å². The predicted molar refractivity (Wildman–Crippen MR) is 74.1 cm³/mol. The van der Waals surface area contributed by atoms with Crippen LogP contribution in [0.2, 0.25) is 0 Å². The second-order valence-corrected chi connectivity index (χ2v) is 6.12. The predicted octanol–water partition coefficient (Wildman–Crippen LogP) is 0.724. The van der Waals surface area contributed by atoms with Crippen LogP contribution in [0.1, 0.15) is 32.7 Å². The van der Waals surface area contributed by atoms with Crippen LogP contribution >= 0.6 is 0 Å². The minimum atomic E-state index is -0.204. The van der Waals surface area contributed by atoms with Crippen LogP contribution in [-0.4, -0.2) is 41.0 Å². The summed E-state index contributed by atoms with van der Waals surface area (Å²) in [6.07, 6.45) is 5.42. The Hall–Kier alpha value is -1.40. The highest BCUT2D eigenvalue weighted by atomic mass is 16.6. The van der Waals surface area contributed by atoms with E-state index in [9.17, 15) is 4.79 Å². The standard InChI is InChI=1S/C14H21N3O3/c1-14(2)9-15-7-11(20-14)8-19-12-13(18)17(6-5-16-12)10-3-4-10/h5-6,10-11,15H,3-4,7-9H2,1-2H3.